The van der Waals surface area contributed by atoms with Gasteiger partial charge in [0.1, 0.15) is 3.70 Å². The van der Waals surface area contributed by atoms with Gasteiger partial charge in [-0.25, -0.2) is 0 Å². The van der Waals surface area contributed by atoms with E-state index in [2.05, 4.69) is 56.3 Å². The van der Waals surface area contributed by atoms with Crippen LogP contribution < -0.4 is 5.32 Å². The molecule has 2 atom stereocenters. The van der Waals surface area contributed by atoms with Crippen LogP contribution in [0, 0.1) is 3.70 Å². The molecule has 1 spiro atoms. The molecule has 1 aliphatic heterocycles. The summed E-state index contributed by atoms with van der Waals surface area (Å²) in [5.41, 5.74) is 3.94. The van der Waals surface area contributed by atoms with E-state index in [1.807, 2.05) is 24.3 Å². The van der Waals surface area contributed by atoms with Gasteiger partial charge < -0.3 is 5.32 Å². The summed E-state index contributed by atoms with van der Waals surface area (Å²) in [6.45, 7) is 0. The highest BCUT2D eigenvalue weighted by atomic mass is 127. The van der Waals surface area contributed by atoms with Crippen LogP contribution in [0.3, 0.4) is 0 Å². The number of nitrogens with one attached hydrogen (secondary N) is 2. The quantitative estimate of drug-likeness (QED) is 0.613. The van der Waals surface area contributed by atoms with Crippen molar-refractivity contribution in [2.45, 2.75) is 17.8 Å². The number of para-hydroxylation sites is 1. The van der Waals surface area contributed by atoms with Crippen LogP contribution in [0.4, 0.5) is 5.69 Å². The molecular formula is C17H12IN3O. The molecule has 1 saturated carbocycles. The normalized spacial score (nSPS) is 25.5. The minimum absolute atomic E-state index is 0.140. The summed E-state index contributed by atoms with van der Waals surface area (Å²) in [5, 5.41) is 11.4. The predicted molar refractivity (Wildman–Crippen MR) is 92.9 cm³/mol. The van der Waals surface area contributed by atoms with Gasteiger partial charge in [-0.15, -0.1) is 0 Å². The van der Waals surface area contributed by atoms with Crippen LogP contribution >= 0.6 is 22.6 Å². The van der Waals surface area contributed by atoms with E-state index in [-0.39, 0.29) is 17.2 Å². The van der Waals surface area contributed by atoms with Gasteiger partial charge in [0.15, 0.2) is 0 Å². The molecule has 2 heterocycles. The zero-order valence-corrected chi connectivity index (χ0v) is 13.7. The Labute approximate surface area is 140 Å². The topological polar surface area (TPSA) is 57.8 Å². The van der Waals surface area contributed by atoms with Crippen molar-refractivity contribution in [3.63, 3.8) is 0 Å². The molecule has 0 saturated heterocycles. The lowest BCUT2D eigenvalue weighted by atomic mass is 9.92. The molecule has 108 valence electrons. The van der Waals surface area contributed by atoms with Crippen molar-refractivity contribution in [1.29, 1.82) is 0 Å². The first kappa shape index (κ1) is 12.6. The molecule has 1 fully saturated rings. The maximum atomic E-state index is 12.5. The highest BCUT2D eigenvalue weighted by Gasteiger charge is 2.65. The van der Waals surface area contributed by atoms with Gasteiger partial charge in [0.05, 0.1) is 10.9 Å². The standard InChI is InChI=1S/C17H12IN3O/c18-15-10-7-9(5-6-13(10)20-21-15)12-8-17(12)11-3-1-2-4-14(11)19-16(17)22/h1-7,12H,8H2,(H,19,22)(H,20,21). The number of benzene rings is 2. The molecule has 2 aromatic carbocycles. The number of H-pyrrole nitrogens is 1. The van der Waals surface area contributed by atoms with Crippen molar-refractivity contribution in [3.8, 4) is 0 Å². The molecule has 1 aliphatic carbocycles. The van der Waals surface area contributed by atoms with E-state index in [4.69, 9.17) is 0 Å². The van der Waals surface area contributed by atoms with Gasteiger partial charge in [0.2, 0.25) is 5.91 Å². The smallest absolute Gasteiger partial charge is 0.235 e. The Balaban J connectivity index is 1.63. The van der Waals surface area contributed by atoms with Crippen LogP contribution in [0.15, 0.2) is 42.5 Å². The highest BCUT2D eigenvalue weighted by Crippen LogP contribution is 2.64. The molecule has 2 unspecified atom stereocenters. The number of halogens is 1. The lowest BCUT2D eigenvalue weighted by Gasteiger charge is -2.08. The number of hydrogen-bond donors (Lipinski definition) is 2. The zero-order chi connectivity index (χ0) is 14.9. The molecule has 22 heavy (non-hydrogen) atoms. The number of amides is 1. The molecule has 2 N–H and O–H groups in total. The van der Waals surface area contributed by atoms with Crippen molar-refractivity contribution >= 4 is 45.1 Å². The highest BCUT2D eigenvalue weighted by molar-refractivity contribution is 14.1. The van der Waals surface area contributed by atoms with Gasteiger partial charge in [-0.05, 0) is 58.3 Å². The summed E-state index contributed by atoms with van der Waals surface area (Å²) in [7, 11) is 0. The second-order valence-corrected chi connectivity index (χ2v) is 7.12. The lowest BCUT2D eigenvalue weighted by Crippen LogP contribution is -2.20. The van der Waals surface area contributed by atoms with Crippen LogP contribution in [-0.4, -0.2) is 16.1 Å². The monoisotopic (exact) mass is 401 g/mol. The summed E-state index contributed by atoms with van der Waals surface area (Å²) in [6, 6.07) is 14.4. The molecule has 2 aliphatic rings. The number of fused-ring (bicyclic) bond motifs is 3. The first-order valence-corrected chi connectivity index (χ1v) is 8.32. The molecule has 3 aromatic rings. The van der Waals surface area contributed by atoms with Gasteiger partial charge >= 0.3 is 0 Å². The largest absolute Gasteiger partial charge is 0.325 e. The van der Waals surface area contributed by atoms with Gasteiger partial charge in [-0.3, -0.25) is 9.89 Å². The second kappa shape index (κ2) is 4.10. The van der Waals surface area contributed by atoms with E-state index in [0.717, 1.165) is 32.3 Å². The fourth-order valence-electron chi connectivity index (χ4n) is 3.76. The summed E-state index contributed by atoms with van der Waals surface area (Å²) >= 11 is 2.26. The molecular weight excluding hydrogens is 389 g/mol. The number of carbonyl (C=O) groups is 1. The van der Waals surface area contributed by atoms with Gasteiger partial charge in [0.25, 0.3) is 0 Å². The fraction of sp³-hybridized carbons (Fsp3) is 0.176. The number of anilines is 1. The SMILES string of the molecule is O=C1Nc2ccccc2C12CC2c1ccc2n[nH]c(I)c2c1. The molecule has 5 rings (SSSR count). The predicted octanol–water partition coefficient (Wildman–Crippen LogP) is 3.54. The van der Waals surface area contributed by atoms with Crippen molar-refractivity contribution in [3.05, 3.63) is 57.3 Å². The summed E-state index contributed by atoms with van der Waals surface area (Å²) in [5.74, 6) is 0.395. The number of rotatable bonds is 1. The fourth-order valence-corrected chi connectivity index (χ4v) is 4.32. The maximum Gasteiger partial charge on any atom is 0.235 e. The average Bonchev–Trinajstić information content (AvgIpc) is 3.10. The van der Waals surface area contributed by atoms with Crippen LogP contribution in [0.2, 0.25) is 0 Å². The van der Waals surface area contributed by atoms with Crippen LogP contribution in [0.1, 0.15) is 23.5 Å². The number of aromatic nitrogens is 2. The number of aromatic amines is 1. The van der Waals surface area contributed by atoms with Crippen molar-refractivity contribution in [1.82, 2.24) is 10.2 Å². The zero-order valence-electron chi connectivity index (χ0n) is 11.6. The Bertz CT molecular complexity index is 948. The lowest BCUT2D eigenvalue weighted by molar-refractivity contribution is -0.118. The van der Waals surface area contributed by atoms with Crippen molar-refractivity contribution in [2.75, 3.05) is 5.32 Å². The minimum Gasteiger partial charge on any atom is -0.325 e. The molecule has 0 bridgehead atoms. The maximum absolute atomic E-state index is 12.5. The number of nitrogens with zero attached hydrogens (tertiary/aromatic N) is 1. The third kappa shape index (κ3) is 1.47. The third-order valence-electron chi connectivity index (χ3n) is 4.96. The summed E-state index contributed by atoms with van der Waals surface area (Å²) in [6.07, 6.45) is 0.885. The molecule has 0 radical (unpaired) electrons. The van der Waals surface area contributed by atoms with E-state index in [0.29, 0.717) is 0 Å². The number of carbonyl (C=O) groups excluding carboxylic acids is 1. The van der Waals surface area contributed by atoms with E-state index in [1.165, 1.54) is 5.56 Å². The van der Waals surface area contributed by atoms with Crippen LogP contribution in [0.5, 0.6) is 0 Å². The molecule has 1 aromatic heterocycles. The van der Waals surface area contributed by atoms with E-state index in [9.17, 15) is 4.79 Å². The Morgan fingerprint density at radius 2 is 2.09 bits per heavy atom. The van der Waals surface area contributed by atoms with Crippen LogP contribution in [0.25, 0.3) is 10.9 Å². The van der Waals surface area contributed by atoms with Gasteiger partial charge in [-0.2, -0.15) is 5.10 Å². The first-order chi connectivity index (χ1) is 10.7. The Morgan fingerprint density at radius 3 is 3.00 bits per heavy atom. The van der Waals surface area contributed by atoms with Crippen molar-refractivity contribution < 1.29 is 4.79 Å². The molecule has 5 heteroatoms. The molecule has 1 amide bonds. The molecule has 4 nitrogen and oxygen atoms in total. The van der Waals surface area contributed by atoms with Crippen molar-refractivity contribution in [2.24, 2.45) is 0 Å². The van der Waals surface area contributed by atoms with E-state index >= 15 is 0 Å². The Morgan fingerprint density at radius 1 is 1.23 bits per heavy atom. The Hall–Kier alpha value is -1.89. The van der Waals surface area contributed by atoms with E-state index < -0.39 is 0 Å². The first-order valence-electron chi connectivity index (χ1n) is 7.24. The summed E-state index contributed by atoms with van der Waals surface area (Å²) in [4.78, 5) is 12.5. The van der Waals surface area contributed by atoms with Gasteiger partial charge in [-0.1, -0.05) is 24.3 Å². The Kier molecular flexibility index (Phi) is 2.35. The average molecular weight is 401 g/mol. The van der Waals surface area contributed by atoms with E-state index in [1.54, 1.807) is 0 Å². The van der Waals surface area contributed by atoms with Crippen LogP contribution in [-0.2, 0) is 10.2 Å². The summed E-state index contributed by atoms with van der Waals surface area (Å²) < 4.78 is 1.04. The minimum atomic E-state index is -0.362. The second-order valence-electron chi connectivity index (χ2n) is 6.04. The number of hydrogen-bond acceptors (Lipinski definition) is 2. The van der Waals surface area contributed by atoms with Gasteiger partial charge in [0, 0.05) is 17.0 Å². The third-order valence-corrected chi connectivity index (χ3v) is 5.78.